The van der Waals surface area contributed by atoms with Gasteiger partial charge in [0.25, 0.3) is 0 Å². The summed E-state index contributed by atoms with van der Waals surface area (Å²) in [7, 11) is -3.47. The summed E-state index contributed by atoms with van der Waals surface area (Å²) in [6.45, 7) is 1.79. The van der Waals surface area contributed by atoms with Gasteiger partial charge < -0.3 is 0 Å². The topological polar surface area (TPSA) is 63.2 Å². The van der Waals surface area contributed by atoms with Crippen LogP contribution in [0.25, 0.3) is 0 Å². The van der Waals surface area contributed by atoms with Crippen LogP contribution >= 0.6 is 0 Å². The molecule has 1 saturated carbocycles. The van der Waals surface area contributed by atoms with E-state index in [1.54, 1.807) is 19.1 Å². The third kappa shape index (κ3) is 3.67. The van der Waals surface area contributed by atoms with Gasteiger partial charge in [-0.25, -0.2) is 13.1 Å². The number of hydrogen-bond acceptors (Lipinski definition) is 3. The summed E-state index contributed by atoms with van der Waals surface area (Å²) in [4.78, 5) is 11.8. The summed E-state index contributed by atoms with van der Waals surface area (Å²) in [5.41, 5.74) is 0.559. The lowest BCUT2D eigenvalue weighted by molar-refractivity contribution is 0.0988. The van der Waals surface area contributed by atoms with Gasteiger partial charge in [0.2, 0.25) is 10.0 Å². The van der Waals surface area contributed by atoms with Gasteiger partial charge in [-0.15, -0.1) is 0 Å². The van der Waals surface area contributed by atoms with Crippen molar-refractivity contribution < 1.29 is 13.2 Å². The van der Waals surface area contributed by atoms with Crippen LogP contribution in [0.4, 0.5) is 0 Å². The van der Waals surface area contributed by atoms with Crippen LogP contribution in [0.5, 0.6) is 0 Å². The summed E-state index contributed by atoms with van der Waals surface area (Å²) < 4.78 is 27.3. The normalized spacial score (nSPS) is 17.1. The minimum atomic E-state index is -3.47. The Morgan fingerprint density at radius 3 is 2.30 bits per heavy atom. The summed E-state index contributed by atoms with van der Waals surface area (Å²) in [6.07, 6.45) is 5.59. The molecular formula is C15H21NO3S. The molecule has 0 aromatic heterocycles. The number of sulfonamides is 1. The number of hydrogen-bond donors (Lipinski definition) is 1. The molecular weight excluding hydrogens is 274 g/mol. The molecule has 0 unspecified atom stereocenters. The zero-order valence-electron chi connectivity index (χ0n) is 11.8. The molecule has 0 amide bonds. The highest BCUT2D eigenvalue weighted by Crippen LogP contribution is 2.20. The molecule has 4 nitrogen and oxygen atoms in total. The molecule has 1 aliphatic carbocycles. The molecule has 0 spiro atoms. The van der Waals surface area contributed by atoms with Crippen molar-refractivity contribution in [2.45, 2.75) is 56.4 Å². The lowest BCUT2D eigenvalue weighted by Gasteiger charge is -2.22. The molecule has 1 N–H and O–H groups in total. The van der Waals surface area contributed by atoms with Crippen LogP contribution in [0, 0.1) is 0 Å². The summed E-state index contributed by atoms with van der Waals surface area (Å²) >= 11 is 0. The molecule has 1 aliphatic rings. The molecule has 2 rings (SSSR count). The fraction of sp³-hybridized carbons (Fsp3) is 0.533. The second kappa shape index (κ2) is 6.50. The highest BCUT2D eigenvalue weighted by molar-refractivity contribution is 7.89. The Morgan fingerprint density at radius 2 is 1.75 bits per heavy atom. The first kappa shape index (κ1) is 15.2. The van der Waals surface area contributed by atoms with Gasteiger partial charge in [0.05, 0.1) is 4.90 Å². The van der Waals surface area contributed by atoms with Crippen molar-refractivity contribution in [3.63, 3.8) is 0 Å². The van der Waals surface area contributed by atoms with E-state index in [4.69, 9.17) is 0 Å². The van der Waals surface area contributed by atoms with Crippen molar-refractivity contribution in [1.82, 2.24) is 4.72 Å². The summed E-state index contributed by atoms with van der Waals surface area (Å²) in [5.74, 6) is 0.0224. The first-order valence-electron chi connectivity index (χ1n) is 7.18. The smallest absolute Gasteiger partial charge is 0.240 e. The average molecular weight is 295 g/mol. The van der Waals surface area contributed by atoms with Crippen LogP contribution in [0.15, 0.2) is 29.2 Å². The SMILES string of the molecule is CCC(=O)c1ccc(S(=O)(=O)NC2CCCCC2)cc1. The summed E-state index contributed by atoms with van der Waals surface area (Å²) in [6, 6.07) is 6.23. The van der Waals surface area contributed by atoms with Gasteiger partial charge in [-0.05, 0) is 25.0 Å². The Hall–Kier alpha value is -1.20. The maximum Gasteiger partial charge on any atom is 0.240 e. The predicted octanol–water partition coefficient (Wildman–Crippen LogP) is 2.89. The van der Waals surface area contributed by atoms with Crippen molar-refractivity contribution in [3.05, 3.63) is 29.8 Å². The van der Waals surface area contributed by atoms with E-state index in [2.05, 4.69) is 4.72 Å². The van der Waals surface area contributed by atoms with Gasteiger partial charge in [-0.2, -0.15) is 0 Å². The van der Waals surface area contributed by atoms with Crippen molar-refractivity contribution in [1.29, 1.82) is 0 Å². The van der Waals surface area contributed by atoms with Crippen LogP contribution < -0.4 is 4.72 Å². The number of rotatable bonds is 5. The Labute approximate surface area is 120 Å². The molecule has 0 atom stereocenters. The zero-order valence-corrected chi connectivity index (χ0v) is 12.6. The number of Topliss-reactive ketones (excluding diaryl/α,β-unsaturated/α-hetero) is 1. The van der Waals surface area contributed by atoms with Gasteiger partial charge in [0, 0.05) is 18.0 Å². The van der Waals surface area contributed by atoms with E-state index in [-0.39, 0.29) is 16.7 Å². The largest absolute Gasteiger partial charge is 0.294 e. The molecule has 1 aromatic carbocycles. The second-order valence-electron chi connectivity index (χ2n) is 5.26. The Bertz CT molecular complexity index is 557. The van der Waals surface area contributed by atoms with Crippen molar-refractivity contribution in [3.8, 4) is 0 Å². The molecule has 110 valence electrons. The van der Waals surface area contributed by atoms with E-state index in [0.717, 1.165) is 25.7 Å². The lowest BCUT2D eigenvalue weighted by atomic mass is 9.96. The zero-order chi connectivity index (χ0) is 14.6. The van der Waals surface area contributed by atoms with Crippen molar-refractivity contribution in [2.24, 2.45) is 0 Å². The molecule has 0 aliphatic heterocycles. The van der Waals surface area contributed by atoms with Crippen molar-refractivity contribution in [2.75, 3.05) is 0 Å². The van der Waals surface area contributed by atoms with Crippen LogP contribution in [-0.2, 0) is 10.0 Å². The summed E-state index contributed by atoms with van der Waals surface area (Å²) in [5, 5.41) is 0. The first-order valence-corrected chi connectivity index (χ1v) is 8.67. The Morgan fingerprint density at radius 1 is 1.15 bits per heavy atom. The van der Waals surface area contributed by atoms with E-state index < -0.39 is 10.0 Å². The number of carbonyl (C=O) groups is 1. The maximum absolute atomic E-state index is 12.3. The minimum Gasteiger partial charge on any atom is -0.294 e. The number of carbonyl (C=O) groups excluding carboxylic acids is 1. The van der Waals surface area contributed by atoms with Crippen LogP contribution in [0.2, 0.25) is 0 Å². The van der Waals surface area contributed by atoms with Gasteiger partial charge in [0.15, 0.2) is 5.78 Å². The van der Waals surface area contributed by atoms with Gasteiger partial charge in [0.1, 0.15) is 0 Å². The molecule has 0 bridgehead atoms. The first-order chi connectivity index (χ1) is 9.53. The Kier molecular flexibility index (Phi) is 4.94. The number of nitrogens with one attached hydrogen (secondary N) is 1. The molecule has 1 aromatic rings. The Balaban J connectivity index is 2.10. The predicted molar refractivity (Wildman–Crippen MR) is 78.3 cm³/mol. The highest BCUT2D eigenvalue weighted by atomic mass is 32.2. The van der Waals surface area contributed by atoms with Crippen LogP contribution in [-0.4, -0.2) is 20.2 Å². The molecule has 20 heavy (non-hydrogen) atoms. The molecule has 0 saturated heterocycles. The van der Waals surface area contributed by atoms with E-state index in [1.807, 2.05) is 0 Å². The quantitative estimate of drug-likeness (QED) is 0.850. The molecule has 0 radical (unpaired) electrons. The average Bonchev–Trinajstić information content (AvgIpc) is 2.47. The van der Waals surface area contributed by atoms with E-state index in [0.29, 0.717) is 12.0 Å². The highest BCUT2D eigenvalue weighted by Gasteiger charge is 2.21. The van der Waals surface area contributed by atoms with Crippen LogP contribution in [0.3, 0.4) is 0 Å². The number of ketones is 1. The van der Waals surface area contributed by atoms with Crippen molar-refractivity contribution >= 4 is 15.8 Å². The van der Waals surface area contributed by atoms with E-state index in [9.17, 15) is 13.2 Å². The lowest BCUT2D eigenvalue weighted by Crippen LogP contribution is -2.36. The fourth-order valence-corrected chi connectivity index (χ4v) is 3.84. The molecule has 5 heteroatoms. The van der Waals surface area contributed by atoms with E-state index in [1.165, 1.54) is 18.6 Å². The monoisotopic (exact) mass is 295 g/mol. The maximum atomic E-state index is 12.3. The second-order valence-corrected chi connectivity index (χ2v) is 6.97. The number of benzene rings is 1. The van der Waals surface area contributed by atoms with Gasteiger partial charge in [-0.3, -0.25) is 4.79 Å². The van der Waals surface area contributed by atoms with E-state index >= 15 is 0 Å². The van der Waals surface area contributed by atoms with Crippen LogP contribution in [0.1, 0.15) is 55.8 Å². The minimum absolute atomic E-state index is 0.0224. The standard InChI is InChI=1S/C15H21NO3S/c1-2-15(17)12-8-10-14(11-9-12)20(18,19)16-13-6-4-3-5-7-13/h8-11,13,16H,2-7H2,1H3. The third-order valence-corrected chi connectivity index (χ3v) is 5.27. The molecule has 0 heterocycles. The molecule has 1 fully saturated rings. The third-order valence-electron chi connectivity index (χ3n) is 3.73. The fourth-order valence-electron chi connectivity index (χ4n) is 2.53. The van der Waals surface area contributed by atoms with Gasteiger partial charge in [-0.1, -0.05) is 38.3 Å². The van der Waals surface area contributed by atoms with Gasteiger partial charge >= 0.3 is 0 Å².